The summed E-state index contributed by atoms with van der Waals surface area (Å²) in [5.41, 5.74) is 1.28. The van der Waals surface area contributed by atoms with Crippen molar-refractivity contribution in [2.75, 3.05) is 19.3 Å². The molecule has 7 heteroatoms. The topological polar surface area (TPSA) is 95.5 Å². The van der Waals surface area contributed by atoms with Gasteiger partial charge in [0.15, 0.2) is 0 Å². The Bertz CT molecular complexity index is 631. The molecule has 1 aromatic rings. The maximum atomic E-state index is 12.3. The van der Waals surface area contributed by atoms with E-state index in [0.29, 0.717) is 25.4 Å². The van der Waals surface area contributed by atoms with E-state index in [2.05, 4.69) is 36.6 Å². The quantitative estimate of drug-likeness (QED) is 0.361. The fraction of sp³-hybridized carbons (Fsp3) is 0.550. The van der Waals surface area contributed by atoms with Crippen LogP contribution in [0.1, 0.15) is 39.2 Å². The van der Waals surface area contributed by atoms with Gasteiger partial charge in [-0.1, -0.05) is 32.9 Å². The van der Waals surface area contributed by atoms with Crippen LogP contribution in [0.5, 0.6) is 0 Å². The van der Waals surface area contributed by atoms with Gasteiger partial charge in [0.25, 0.3) is 5.24 Å². The highest BCUT2D eigenvalue weighted by Gasteiger charge is 2.13. The summed E-state index contributed by atoms with van der Waals surface area (Å²) in [7, 11) is -0.952. The molecule has 0 fully saturated rings. The van der Waals surface area contributed by atoms with Gasteiger partial charge in [-0.3, -0.25) is 14.4 Å². The lowest BCUT2D eigenvalue weighted by Crippen LogP contribution is -2.34. The Labute approximate surface area is 164 Å². The fourth-order valence-corrected chi connectivity index (χ4v) is 3.67. The molecule has 0 saturated carbocycles. The summed E-state index contributed by atoms with van der Waals surface area (Å²) < 4.78 is 0. The molecule has 6 nitrogen and oxygen atoms in total. The predicted molar refractivity (Wildman–Crippen MR) is 111 cm³/mol. The highest BCUT2D eigenvalue weighted by Crippen LogP contribution is 2.33. The summed E-state index contributed by atoms with van der Waals surface area (Å²) in [5, 5.41) is 14.3. The van der Waals surface area contributed by atoms with Crippen LogP contribution in [0.2, 0.25) is 0 Å². The van der Waals surface area contributed by atoms with Crippen molar-refractivity contribution in [2.45, 2.75) is 44.9 Å². The van der Waals surface area contributed by atoms with E-state index in [1.165, 1.54) is 5.56 Å². The van der Waals surface area contributed by atoms with Crippen LogP contribution in [0, 0.1) is 11.8 Å². The third-order valence-corrected chi connectivity index (χ3v) is 6.06. The average Bonchev–Trinajstić information content (AvgIpc) is 2.62. The molecular weight excluding hydrogens is 364 g/mol. The zero-order chi connectivity index (χ0) is 20.4. The SMILES string of the molecule is CC(C)Cc1ccc([SH](C)C(=O)NCCNC(=O)CC[C@H](C)C(=O)O)cc1. The Hall–Kier alpha value is -2.02. The first kappa shape index (κ1) is 23.0. The number of benzene rings is 1. The first-order chi connectivity index (χ1) is 12.7. The predicted octanol–water partition coefficient (Wildman–Crippen LogP) is 3.20. The number of hydrogen-bond donors (Lipinski definition) is 4. The minimum Gasteiger partial charge on any atom is -0.481 e. The lowest BCUT2D eigenvalue weighted by atomic mass is 10.0. The molecule has 1 unspecified atom stereocenters. The van der Waals surface area contributed by atoms with Gasteiger partial charge < -0.3 is 15.7 Å². The number of hydrogen-bond acceptors (Lipinski definition) is 3. The van der Waals surface area contributed by atoms with Crippen LogP contribution in [-0.2, 0) is 16.0 Å². The van der Waals surface area contributed by atoms with Gasteiger partial charge in [0.2, 0.25) is 5.91 Å². The molecule has 0 heterocycles. The third kappa shape index (κ3) is 8.95. The summed E-state index contributed by atoms with van der Waals surface area (Å²) in [6.45, 7) is 6.63. The van der Waals surface area contributed by atoms with E-state index in [1.807, 2.05) is 18.4 Å². The zero-order valence-corrected chi connectivity index (χ0v) is 17.5. The molecule has 0 aliphatic rings. The van der Waals surface area contributed by atoms with Crippen molar-refractivity contribution in [1.29, 1.82) is 0 Å². The molecule has 1 aromatic carbocycles. The molecule has 0 spiro atoms. The van der Waals surface area contributed by atoms with Gasteiger partial charge in [0.05, 0.1) is 5.92 Å². The highest BCUT2D eigenvalue weighted by molar-refractivity contribution is 8.29. The number of nitrogens with one attached hydrogen (secondary N) is 2. The largest absolute Gasteiger partial charge is 0.481 e. The maximum absolute atomic E-state index is 12.3. The third-order valence-electron chi connectivity index (χ3n) is 4.22. The van der Waals surface area contributed by atoms with Crippen LogP contribution < -0.4 is 10.6 Å². The first-order valence-electron chi connectivity index (χ1n) is 9.30. The summed E-state index contributed by atoms with van der Waals surface area (Å²) in [6, 6.07) is 8.21. The Balaban J connectivity index is 2.31. The lowest BCUT2D eigenvalue weighted by molar-refractivity contribution is -0.141. The van der Waals surface area contributed by atoms with E-state index in [9.17, 15) is 14.4 Å². The van der Waals surface area contributed by atoms with Crippen LogP contribution in [-0.4, -0.2) is 41.6 Å². The molecule has 2 amide bonds. The number of carbonyl (C=O) groups excluding carboxylic acids is 2. The number of aliphatic carboxylic acids is 1. The minimum atomic E-state index is -0.952. The second-order valence-electron chi connectivity index (χ2n) is 7.18. The van der Waals surface area contributed by atoms with E-state index in [-0.39, 0.29) is 17.6 Å². The molecular formula is C20H32N2O4S. The van der Waals surface area contributed by atoms with Crippen molar-refractivity contribution in [3.8, 4) is 0 Å². The molecule has 2 atom stereocenters. The normalized spacial score (nSPS) is 13.7. The number of amides is 2. The van der Waals surface area contributed by atoms with Crippen LogP contribution in [0.25, 0.3) is 0 Å². The minimum absolute atomic E-state index is 0.0182. The number of rotatable bonds is 10. The lowest BCUT2D eigenvalue weighted by Gasteiger charge is -2.17. The molecule has 0 aliphatic heterocycles. The van der Waals surface area contributed by atoms with Gasteiger partial charge >= 0.3 is 5.97 Å². The number of carboxylic acids is 1. The monoisotopic (exact) mass is 396 g/mol. The van der Waals surface area contributed by atoms with Crippen molar-refractivity contribution in [3.05, 3.63) is 29.8 Å². The molecule has 0 bridgehead atoms. The summed E-state index contributed by atoms with van der Waals surface area (Å²) in [6.07, 6.45) is 3.43. The zero-order valence-electron chi connectivity index (χ0n) is 16.6. The summed E-state index contributed by atoms with van der Waals surface area (Å²) in [4.78, 5) is 35.7. The Kier molecular flexibility index (Phi) is 9.93. The Morgan fingerprint density at radius 1 is 1.04 bits per heavy atom. The molecule has 0 radical (unpaired) electrons. The second kappa shape index (κ2) is 11.6. The standard InChI is InChI=1S/C20H32N2O4S/c1-14(2)13-16-6-8-17(9-7-16)27(4)20(26)22-12-11-21-18(23)10-5-15(3)19(24)25/h6-9,14-15,27H,5,10-13H2,1-4H3,(H,21,23)(H,22,26)(H,24,25)/t15-/m0/s1. The average molecular weight is 397 g/mol. The van der Waals surface area contributed by atoms with Gasteiger partial charge in [0, 0.05) is 19.5 Å². The molecule has 27 heavy (non-hydrogen) atoms. The molecule has 152 valence electrons. The van der Waals surface area contributed by atoms with Crippen LogP contribution >= 0.6 is 10.9 Å². The summed E-state index contributed by atoms with van der Waals surface area (Å²) in [5.74, 6) is -1.03. The maximum Gasteiger partial charge on any atom is 0.306 e. The van der Waals surface area contributed by atoms with Gasteiger partial charge in [0.1, 0.15) is 0 Å². The van der Waals surface area contributed by atoms with Crippen molar-refractivity contribution < 1.29 is 19.5 Å². The first-order valence-corrected chi connectivity index (χ1v) is 11.1. The van der Waals surface area contributed by atoms with Crippen LogP contribution in [0.15, 0.2) is 29.2 Å². The van der Waals surface area contributed by atoms with Gasteiger partial charge in [-0.25, -0.2) is 0 Å². The van der Waals surface area contributed by atoms with E-state index < -0.39 is 22.8 Å². The van der Waals surface area contributed by atoms with Gasteiger partial charge in [-0.2, -0.15) is 10.9 Å². The molecule has 1 rings (SSSR count). The Morgan fingerprint density at radius 2 is 1.63 bits per heavy atom. The van der Waals surface area contributed by atoms with E-state index in [4.69, 9.17) is 5.11 Å². The van der Waals surface area contributed by atoms with Crippen molar-refractivity contribution in [3.63, 3.8) is 0 Å². The van der Waals surface area contributed by atoms with Gasteiger partial charge in [-0.05, 0) is 47.6 Å². The Morgan fingerprint density at radius 3 is 2.19 bits per heavy atom. The smallest absolute Gasteiger partial charge is 0.306 e. The van der Waals surface area contributed by atoms with Crippen molar-refractivity contribution in [1.82, 2.24) is 10.6 Å². The highest BCUT2D eigenvalue weighted by atomic mass is 32.2. The van der Waals surface area contributed by atoms with E-state index in [1.54, 1.807) is 6.92 Å². The van der Waals surface area contributed by atoms with Crippen LogP contribution in [0.3, 0.4) is 0 Å². The van der Waals surface area contributed by atoms with E-state index >= 15 is 0 Å². The number of carboxylic acid groups (broad SMARTS) is 1. The molecule has 3 N–H and O–H groups in total. The summed E-state index contributed by atoms with van der Waals surface area (Å²) >= 11 is 0. The number of thiol groups is 1. The van der Waals surface area contributed by atoms with Crippen LogP contribution in [0.4, 0.5) is 4.79 Å². The molecule has 0 aliphatic carbocycles. The molecule has 0 saturated heterocycles. The van der Waals surface area contributed by atoms with Gasteiger partial charge in [-0.15, -0.1) is 0 Å². The van der Waals surface area contributed by atoms with Crippen molar-refractivity contribution >= 4 is 28.0 Å². The van der Waals surface area contributed by atoms with Crippen molar-refractivity contribution in [2.24, 2.45) is 11.8 Å². The van der Waals surface area contributed by atoms with E-state index in [0.717, 1.165) is 11.3 Å². The second-order valence-corrected chi connectivity index (χ2v) is 9.22. The molecule has 0 aromatic heterocycles. The number of carbonyl (C=O) groups is 3. The fourth-order valence-electron chi connectivity index (χ4n) is 2.49.